The smallest absolute Gasteiger partial charge is 0.416 e. The molecule has 1 atom stereocenters. The van der Waals surface area contributed by atoms with Crippen molar-refractivity contribution in [3.63, 3.8) is 0 Å². The maximum atomic E-state index is 12.8. The summed E-state index contributed by atoms with van der Waals surface area (Å²) in [6, 6.07) is 8.47. The van der Waals surface area contributed by atoms with Crippen LogP contribution in [0.3, 0.4) is 0 Å². The summed E-state index contributed by atoms with van der Waals surface area (Å²) >= 11 is 0. The summed E-state index contributed by atoms with van der Waals surface area (Å²) in [5, 5.41) is 4.33. The van der Waals surface area contributed by atoms with E-state index in [1.807, 2.05) is 6.92 Å². The van der Waals surface area contributed by atoms with E-state index in [1.165, 1.54) is 37.4 Å². The molecule has 2 heterocycles. The first-order valence-electron chi connectivity index (χ1n) is 9.70. The van der Waals surface area contributed by atoms with Gasteiger partial charge in [0, 0.05) is 11.5 Å². The van der Waals surface area contributed by atoms with Gasteiger partial charge in [-0.25, -0.2) is 17.8 Å². The van der Waals surface area contributed by atoms with E-state index in [4.69, 9.17) is 9.47 Å². The first-order chi connectivity index (χ1) is 15.1. The Balaban J connectivity index is 1.78. The van der Waals surface area contributed by atoms with Gasteiger partial charge in [0.05, 0.1) is 35.4 Å². The summed E-state index contributed by atoms with van der Waals surface area (Å²) in [7, 11) is -2.45. The SMILES string of the molecule is CNS(=O)(=O)c1ccc(Oc2ccc(C(F)(F)F)cc2)c(-c2cnn3c2OCC(C)C3)c1. The molecule has 1 unspecified atom stereocenters. The van der Waals surface area contributed by atoms with Crippen molar-refractivity contribution in [2.24, 2.45) is 5.92 Å². The Hall–Kier alpha value is -3.05. The van der Waals surface area contributed by atoms with Crippen molar-refractivity contribution in [3.05, 3.63) is 54.2 Å². The first kappa shape index (κ1) is 22.2. The Morgan fingerprint density at radius 1 is 1.16 bits per heavy atom. The average Bonchev–Trinajstić information content (AvgIpc) is 3.16. The minimum atomic E-state index is -4.46. The van der Waals surface area contributed by atoms with Gasteiger partial charge >= 0.3 is 6.18 Å². The van der Waals surface area contributed by atoms with E-state index in [1.54, 1.807) is 10.9 Å². The van der Waals surface area contributed by atoms with Crippen molar-refractivity contribution in [2.75, 3.05) is 13.7 Å². The molecule has 0 saturated carbocycles. The summed E-state index contributed by atoms with van der Waals surface area (Å²) in [6.07, 6.45) is -2.91. The minimum absolute atomic E-state index is 0.00102. The Morgan fingerprint density at radius 2 is 1.88 bits per heavy atom. The molecule has 1 N–H and O–H groups in total. The highest BCUT2D eigenvalue weighted by Crippen LogP contribution is 2.41. The van der Waals surface area contributed by atoms with Crippen LogP contribution in [-0.2, 0) is 22.7 Å². The van der Waals surface area contributed by atoms with Crippen LogP contribution in [0.4, 0.5) is 13.2 Å². The zero-order valence-electron chi connectivity index (χ0n) is 17.2. The van der Waals surface area contributed by atoms with Crippen molar-refractivity contribution in [3.8, 4) is 28.5 Å². The second-order valence-electron chi connectivity index (χ2n) is 7.45. The molecule has 0 amide bonds. The zero-order valence-corrected chi connectivity index (χ0v) is 18.0. The number of halogens is 3. The molecule has 4 rings (SSSR count). The van der Waals surface area contributed by atoms with Crippen LogP contribution in [0.1, 0.15) is 12.5 Å². The van der Waals surface area contributed by atoms with Gasteiger partial charge in [0.2, 0.25) is 15.9 Å². The van der Waals surface area contributed by atoms with Crippen molar-refractivity contribution >= 4 is 10.0 Å². The highest BCUT2D eigenvalue weighted by Gasteiger charge is 2.30. The molecular formula is C21H20F3N3O4S. The van der Waals surface area contributed by atoms with E-state index in [9.17, 15) is 21.6 Å². The van der Waals surface area contributed by atoms with E-state index in [0.717, 1.165) is 12.1 Å². The standard InChI is InChI=1S/C21H20F3N3O4S/c1-13-11-27-20(30-12-13)18(10-26-27)17-9-16(32(28,29)25-2)7-8-19(17)31-15-5-3-14(4-6-15)21(22,23)24/h3-10,13,25H,11-12H2,1-2H3. The lowest BCUT2D eigenvalue weighted by atomic mass is 10.1. The summed E-state index contributed by atoms with van der Waals surface area (Å²) in [5.41, 5.74) is 0.109. The Kier molecular flexibility index (Phi) is 5.63. The number of sulfonamides is 1. The van der Waals surface area contributed by atoms with E-state index >= 15 is 0 Å². The van der Waals surface area contributed by atoms with Gasteiger partial charge in [0.1, 0.15) is 11.5 Å². The van der Waals surface area contributed by atoms with Crippen molar-refractivity contribution in [1.82, 2.24) is 14.5 Å². The molecule has 1 aliphatic rings. The number of nitrogens with one attached hydrogen (secondary N) is 1. The predicted octanol–water partition coefficient (Wildman–Crippen LogP) is 4.30. The van der Waals surface area contributed by atoms with Gasteiger partial charge in [-0.15, -0.1) is 0 Å². The van der Waals surface area contributed by atoms with E-state index in [2.05, 4.69) is 9.82 Å². The normalized spacial score (nSPS) is 16.3. The summed E-state index contributed by atoms with van der Waals surface area (Å²) in [6.45, 7) is 3.13. The number of rotatable bonds is 5. The highest BCUT2D eigenvalue weighted by molar-refractivity contribution is 7.89. The van der Waals surface area contributed by atoms with Gasteiger partial charge in [0.15, 0.2) is 0 Å². The first-order valence-corrected chi connectivity index (χ1v) is 11.2. The lowest BCUT2D eigenvalue weighted by molar-refractivity contribution is -0.137. The van der Waals surface area contributed by atoms with Crippen LogP contribution in [0.15, 0.2) is 53.6 Å². The predicted molar refractivity (Wildman–Crippen MR) is 110 cm³/mol. The van der Waals surface area contributed by atoms with Crippen LogP contribution < -0.4 is 14.2 Å². The maximum Gasteiger partial charge on any atom is 0.416 e. The third-order valence-corrected chi connectivity index (χ3v) is 6.42. The van der Waals surface area contributed by atoms with Crippen LogP contribution in [0.5, 0.6) is 17.4 Å². The fraction of sp³-hybridized carbons (Fsp3) is 0.286. The fourth-order valence-electron chi connectivity index (χ4n) is 3.34. The quantitative estimate of drug-likeness (QED) is 0.605. The monoisotopic (exact) mass is 467 g/mol. The number of benzene rings is 2. The number of ether oxygens (including phenoxy) is 2. The second-order valence-corrected chi connectivity index (χ2v) is 9.34. The average molecular weight is 467 g/mol. The number of nitrogens with zero attached hydrogens (tertiary/aromatic N) is 2. The molecule has 0 bridgehead atoms. The Bertz CT molecular complexity index is 1240. The molecule has 1 aliphatic heterocycles. The number of hydrogen-bond donors (Lipinski definition) is 1. The van der Waals surface area contributed by atoms with Crippen LogP contribution >= 0.6 is 0 Å². The lowest BCUT2D eigenvalue weighted by Crippen LogP contribution is -2.23. The molecule has 32 heavy (non-hydrogen) atoms. The van der Waals surface area contributed by atoms with Gasteiger partial charge in [0.25, 0.3) is 0 Å². The zero-order chi connectivity index (χ0) is 23.1. The number of aromatic nitrogens is 2. The third-order valence-electron chi connectivity index (χ3n) is 5.01. The molecule has 0 spiro atoms. The Labute approximate surface area is 182 Å². The largest absolute Gasteiger partial charge is 0.477 e. The van der Waals surface area contributed by atoms with E-state index in [0.29, 0.717) is 30.2 Å². The molecule has 7 nitrogen and oxygen atoms in total. The van der Waals surface area contributed by atoms with Gasteiger partial charge in [-0.05, 0) is 49.5 Å². The minimum Gasteiger partial charge on any atom is -0.477 e. The topological polar surface area (TPSA) is 82.5 Å². The van der Waals surface area contributed by atoms with Crippen LogP contribution in [-0.4, -0.2) is 31.9 Å². The molecule has 11 heteroatoms. The van der Waals surface area contributed by atoms with Gasteiger partial charge in [-0.1, -0.05) is 6.92 Å². The fourth-order valence-corrected chi connectivity index (χ4v) is 4.10. The van der Waals surface area contributed by atoms with Crippen molar-refractivity contribution < 1.29 is 31.1 Å². The second kappa shape index (κ2) is 8.14. The highest BCUT2D eigenvalue weighted by atomic mass is 32.2. The van der Waals surface area contributed by atoms with Crippen molar-refractivity contribution in [1.29, 1.82) is 0 Å². The summed E-state index contributed by atoms with van der Waals surface area (Å²) in [5.74, 6) is 1.14. The molecule has 0 fully saturated rings. The molecular weight excluding hydrogens is 447 g/mol. The molecule has 3 aromatic rings. The molecule has 170 valence electrons. The van der Waals surface area contributed by atoms with Crippen LogP contribution in [0, 0.1) is 5.92 Å². The lowest BCUT2D eigenvalue weighted by Gasteiger charge is -2.22. The van der Waals surface area contributed by atoms with Gasteiger partial charge in [-0.2, -0.15) is 18.3 Å². The number of hydrogen-bond acceptors (Lipinski definition) is 5. The van der Waals surface area contributed by atoms with Crippen LogP contribution in [0.2, 0.25) is 0 Å². The summed E-state index contributed by atoms with van der Waals surface area (Å²) < 4.78 is 78.8. The number of fused-ring (bicyclic) bond motifs is 1. The number of alkyl halides is 3. The molecule has 1 aromatic heterocycles. The molecule has 0 saturated heterocycles. The Morgan fingerprint density at radius 3 is 2.53 bits per heavy atom. The summed E-state index contributed by atoms with van der Waals surface area (Å²) in [4.78, 5) is -0.00102. The van der Waals surface area contributed by atoms with Crippen LogP contribution in [0.25, 0.3) is 11.1 Å². The van der Waals surface area contributed by atoms with Crippen molar-refractivity contribution in [2.45, 2.75) is 24.5 Å². The van der Waals surface area contributed by atoms with E-state index < -0.39 is 21.8 Å². The van der Waals surface area contributed by atoms with E-state index in [-0.39, 0.29) is 22.3 Å². The molecule has 2 aromatic carbocycles. The van der Waals surface area contributed by atoms with Gasteiger partial charge in [-0.3, -0.25) is 0 Å². The maximum absolute atomic E-state index is 12.8. The molecule has 0 radical (unpaired) electrons. The third kappa shape index (κ3) is 4.30. The molecule has 0 aliphatic carbocycles. The van der Waals surface area contributed by atoms with Gasteiger partial charge < -0.3 is 9.47 Å².